The molecule has 0 aliphatic carbocycles. The lowest BCUT2D eigenvalue weighted by molar-refractivity contribution is -0.137. The summed E-state index contributed by atoms with van der Waals surface area (Å²) in [4.78, 5) is 12.7. The average Bonchev–Trinajstić information content (AvgIpc) is 2.45. The summed E-state index contributed by atoms with van der Waals surface area (Å²) in [5, 5.41) is 8.44. The number of hydrogen-bond donors (Lipinski definition) is 1. The summed E-state index contributed by atoms with van der Waals surface area (Å²) in [6, 6.07) is 0.713. The standard InChI is InChI=1S/C10H19NO2/c1-9-5-4-8-11(9)7-3-2-6-10(12)13/h9H,2-8H2,1H3,(H,12,13). The maximum Gasteiger partial charge on any atom is 0.303 e. The summed E-state index contributed by atoms with van der Waals surface area (Å²) in [5.41, 5.74) is 0. The Morgan fingerprint density at radius 1 is 1.54 bits per heavy atom. The summed E-state index contributed by atoms with van der Waals surface area (Å²) in [5.74, 6) is -0.672. The Bertz CT molecular complexity index is 170. The normalized spacial score (nSPS) is 23.6. The van der Waals surface area contributed by atoms with Crippen LogP contribution in [0.2, 0.25) is 0 Å². The number of carboxylic acids is 1. The molecule has 1 aliphatic rings. The van der Waals surface area contributed by atoms with Crippen molar-refractivity contribution < 1.29 is 9.90 Å². The minimum Gasteiger partial charge on any atom is -0.481 e. The van der Waals surface area contributed by atoms with Crippen molar-refractivity contribution in [3.63, 3.8) is 0 Å². The first-order valence-electron chi connectivity index (χ1n) is 5.16. The molecule has 0 saturated carbocycles. The van der Waals surface area contributed by atoms with Crippen LogP contribution in [0.4, 0.5) is 0 Å². The molecule has 13 heavy (non-hydrogen) atoms. The van der Waals surface area contributed by atoms with Crippen molar-refractivity contribution in [1.29, 1.82) is 0 Å². The number of aliphatic carboxylic acids is 1. The predicted octanol–water partition coefficient (Wildman–Crippen LogP) is 1.73. The van der Waals surface area contributed by atoms with E-state index in [1.807, 2.05) is 0 Å². The molecule has 1 fully saturated rings. The van der Waals surface area contributed by atoms with Gasteiger partial charge in [0.2, 0.25) is 0 Å². The Morgan fingerprint density at radius 2 is 2.31 bits per heavy atom. The van der Waals surface area contributed by atoms with E-state index in [1.54, 1.807) is 0 Å². The Morgan fingerprint density at radius 3 is 2.85 bits per heavy atom. The fraction of sp³-hybridized carbons (Fsp3) is 0.900. The monoisotopic (exact) mass is 185 g/mol. The van der Waals surface area contributed by atoms with Gasteiger partial charge in [0.15, 0.2) is 0 Å². The SMILES string of the molecule is CC1CCCN1CCCCC(=O)O. The third-order valence-electron chi connectivity index (χ3n) is 2.78. The fourth-order valence-electron chi connectivity index (χ4n) is 1.92. The molecule has 1 aliphatic heterocycles. The van der Waals surface area contributed by atoms with Gasteiger partial charge in [-0.1, -0.05) is 0 Å². The van der Waals surface area contributed by atoms with Crippen molar-refractivity contribution in [3.05, 3.63) is 0 Å². The molecule has 1 rings (SSSR count). The molecule has 0 aromatic heterocycles. The molecule has 0 radical (unpaired) electrons. The zero-order chi connectivity index (χ0) is 9.68. The van der Waals surface area contributed by atoms with Gasteiger partial charge in [0.25, 0.3) is 0 Å². The van der Waals surface area contributed by atoms with Crippen LogP contribution >= 0.6 is 0 Å². The molecule has 0 amide bonds. The lowest BCUT2D eigenvalue weighted by Gasteiger charge is -2.20. The number of nitrogens with zero attached hydrogens (tertiary/aromatic N) is 1. The number of carboxylic acid groups (broad SMARTS) is 1. The Balaban J connectivity index is 2.02. The van der Waals surface area contributed by atoms with E-state index in [4.69, 9.17) is 5.11 Å². The number of carbonyl (C=O) groups is 1. The molecule has 1 atom stereocenters. The molecular weight excluding hydrogens is 166 g/mol. The molecule has 1 unspecified atom stereocenters. The van der Waals surface area contributed by atoms with E-state index >= 15 is 0 Å². The molecule has 0 aromatic carbocycles. The van der Waals surface area contributed by atoms with E-state index in [0.29, 0.717) is 12.5 Å². The smallest absolute Gasteiger partial charge is 0.303 e. The topological polar surface area (TPSA) is 40.5 Å². The lowest BCUT2D eigenvalue weighted by atomic mass is 10.2. The van der Waals surface area contributed by atoms with Gasteiger partial charge < -0.3 is 10.0 Å². The van der Waals surface area contributed by atoms with Crippen molar-refractivity contribution in [2.75, 3.05) is 13.1 Å². The van der Waals surface area contributed by atoms with Crippen LogP contribution in [0.3, 0.4) is 0 Å². The second kappa shape index (κ2) is 5.22. The third-order valence-corrected chi connectivity index (χ3v) is 2.78. The van der Waals surface area contributed by atoms with Gasteiger partial charge in [-0.15, -0.1) is 0 Å². The van der Waals surface area contributed by atoms with Crippen molar-refractivity contribution in [3.8, 4) is 0 Å². The van der Waals surface area contributed by atoms with E-state index in [1.165, 1.54) is 19.4 Å². The lowest BCUT2D eigenvalue weighted by Crippen LogP contribution is -2.27. The van der Waals surface area contributed by atoms with Crippen LogP contribution in [0.5, 0.6) is 0 Å². The summed E-state index contributed by atoms with van der Waals surface area (Å²) in [6.45, 7) is 4.53. The summed E-state index contributed by atoms with van der Waals surface area (Å²) >= 11 is 0. The fourth-order valence-corrected chi connectivity index (χ4v) is 1.92. The highest BCUT2D eigenvalue weighted by Gasteiger charge is 2.18. The molecule has 1 saturated heterocycles. The van der Waals surface area contributed by atoms with E-state index < -0.39 is 5.97 Å². The number of hydrogen-bond acceptors (Lipinski definition) is 2. The van der Waals surface area contributed by atoms with Gasteiger partial charge in [0, 0.05) is 12.5 Å². The molecule has 76 valence electrons. The van der Waals surface area contributed by atoms with Crippen molar-refractivity contribution in [2.45, 2.75) is 45.1 Å². The zero-order valence-corrected chi connectivity index (χ0v) is 8.33. The van der Waals surface area contributed by atoms with Gasteiger partial charge in [-0.2, -0.15) is 0 Å². The van der Waals surface area contributed by atoms with E-state index in [2.05, 4.69) is 11.8 Å². The van der Waals surface area contributed by atoms with Crippen LogP contribution in [0.25, 0.3) is 0 Å². The van der Waals surface area contributed by atoms with Crippen LogP contribution in [0, 0.1) is 0 Å². The third kappa shape index (κ3) is 3.77. The number of rotatable bonds is 5. The number of unbranched alkanes of at least 4 members (excludes halogenated alkanes) is 1. The van der Waals surface area contributed by atoms with Gasteiger partial charge in [0.05, 0.1) is 0 Å². The number of likely N-dealkylation sites (tertiary alicyclic amines) is 1. The maximum atomic E-state index is 10.2. The summed E-state index contributed by atoms with van der Waals surface area (Å²) < 4.78 is 0. The first kappa shape index (κ1) is 10.5. The van der Waals surface area contributed by atoms with Crippen LogP contribution in [-0.4, -0.2) is 35.1 Å². The Hall–Kier alpha value is -0.570. The van der Waals surface area contributed by atoms with E-state index in [0.717, 1.165) is 19.4 Å². The van der Waals surface area contributed by atoms with Gasteiger partial charge in [-0.25, -0.2) is 0 Å². The summed E-state index contributed by atoms with van der Waals surface area (Å²) in [7, 11) is 0. The van der Waals surface area contributed by atoms with Gasteiger partial charge in [-0.3, -0.25) is 4.79 Å². The minimum atomic E-state index is -0.672. The van der Waals surface area contributed by atoms with Gasteiger partial charge >= 0.3 is 5.97 Å². The molecule has 3 nitrogen and oxygen atoms in total. The van der Waals surface area contributed by atoms with Crippen LogP contribution in [0.15, 0.2) is 0 Å². The first-order chi connectivity index (χ1) is 6.20. The zero-order valence-electron chi connectivity index (χ0n) is 8.33. The van der Waals surface area contributed by atoms with Crippen LogP contribution in [0.1, 0.15) is 39.0 Å². The van der Waals surface area contributed by atoms with Gasteiger partial charge in [0.1, 0.15) is 0 Å². The summed E-state index contributed by atoms with van der Waals surface area (Å²) in [6.07, 6.45) is 4.77. The predicted molar refractivity (Wildman–Crippen MR) is 51.8 cm³/mol. The molecule has 1 heterocycles. The highest BCUT2D eigenvalue weighted by atomic mass is 16.4. The van der Waals surface area contributed by atoms with Crippen LogP contribution in [-0.2, 0) is 4.79 Å². The second-order valence-corrected chi connectivity index (χ2v) is 3.88. The second-order valence-electron chi connectivity index (χ2n) is 3.88. The molecule has 0 bridgehead atoms. The van der Waals surface area contributed by atoms with E-state index in [9.17, 15) is 4.79 Å². The quantitative estimate of drug-likeness (QED) is 0.663. The Labute approximate surface area is 79.7 Å². The van der Waals surface area contributed by atoms with Gasteiger partial charge in [-0.05, 0) is 45.7 Å². The molecule has 3 heteroatoms. The highest BCUT2D eigenvalue weighted by Crippen LogP contribution is 2.16. The maximum absolute atomic E-state index is 10.2. The van der Waals surface area contributed by atoms with Crippen molar-refractivity contribution in [1.82, 2.24) is 4.90 Å². The molecule has 0 spiro atoms. The largest absolute Gasteiger partial charge is 0.481 e. The highest BCUT2D eigenvalue weighted by molar-refractivity contribution is 5.66. The minimum absolute atomic E-state index is 0.322. The van der Waals surface area contributed by atoms with Crippen molar-refractivity contribution in [2.24, 2.45) is 0 Å². The average molecular weight is 185 g/mol. The van der Waals surface area contributed by atoms with E-state index in [-0.39, 0.29) is 0 Å². The first-order valence-corrected chi connectivity index (χ1v) is 5.16. The van der Waals surface area contributed by atoms with Crippen molar-refractivity contribution >= 4 is 5.97 Å². The molecular formula is C10H19NO2. The Kier molecular flexibility index (Phi) is 4.22. The molecule has 1 N–H and O–H groups in total. The van der Waals surface area contributed by atoms with Crippen LogP contribution < -0.4 is 0 Å². The molecule has 0 aromatic rings.